The zero-order chi connectivity index (χ0) is 21.6. The first kappa shape index (κ1) is 21.0. The summed E-state index contributed by atoms with van der Waals surface area (Å²) in [6.45, 7) is 3.64. The normalized spacial score (nSPS) is 14.3. The Balaban J connectivity index is 1.33. The fourth-order valence-corrected chi connectivity index (χ4v) is 4.63. The largest absolute Gasteiger partial charge is 0.371 e. The van der Waals surface area contributed by atoms with Gasteiger partial charge in [0.1, 0.15) is 5.76 Å². The third-order valence-electron chi connectivity index (χ3n) is 5.37. The number of piperidine rings is 1. The van der Waals surface area contributed by atoms with Crippen molar-refractivity contribution in [1.82, 2.24) is 10.5 Å². The van der Waals surface area contributed by atoms with Crippen molar-refractivity contribution in [2.45, 2.75) is 36.5 Å². The van der Waals surface area contributed by atoms with Gasteiger partial charge in [0.05, 0.1) is 28.6 Å². The molecule has 1 amide bonds. The SMILES string of the molecule is Cc1cc(CSc2ccccc2C(=O)NC2CCN(c3ccc(C#N)cc3)CC2)on1. The molecule has 1 N–H and O–H groups in total. The predicted molar refractivity (Wildman–Crippen MR) is 121 cm³/mol. The number of aromatic nitrogens is 1. The molecule has 6 nitrogen and oxygen atoms in total. The van der Waals surface area contributed by atoms with Gasteiger partial charge >= 0.3 is 0 Å². The molecule has 0 saturated carbocycles. The lowest BCUT2D eigenvalue weighted by molar-refractivity contribution is 0.0928. The van der Waals surface area contributed by atoms with Gasteiger partial charge in [-0.1, -0.05) is 17.3 Å². The second-order valence-corrected chi connectivity index (χ2v) is 8.63. The van der Waals surface area contributed by atoms with Gasteiger partial charge in [-0.2, -0.15) is 5.26 Å². The van der Waals surface area contributed by atoms with Gasteiger partial charge in [-0.3, -0.25) is 4.79 Å². The molecule has 0 radical (unpaired) electrons. The van der Waals surface area contributed by atoms with Crippen LogP contribution in [0, 0.1) is 18.3 Å². The van der Waals surface area contributed by atoms with Gasteiger partial charge in [0.25, 0.3) is 5.91 Å². The highest BCUT2D eigenvalue weighted by Crippen LogP contribution is 2.27. The Morgan fingerprint density at radius 2 is 1.97 bits per heavy atom. The lowest BCUT2D eigenvalue weighted by Gasteiger charge is -2.34. The highest BCUT2D eigenvalue weighted by molar-refractivity contribution is 7.98. The third kappa shape index (κ3) is 5.28. The molecule has 2 aromatic carbocycles. The van der Waals surface area contributed by atoms with Gasteiger partial charge in [-0.15, -0.1) is 11.8 Å². The van der Waals surface area contributed by atoms with E-state index in [4.69, 9.17) is 9.78 Å². The van der Waals surface area contributed by atoms with E-state index >= 15 is 0 Å². The zero-order valence-electron chi connectivity index (χ0n) is 17.4. The number of carbonyl (C=O) groups is 1. The quantitative estimate of drug-likeness (QED) is 0.576. The first-order valence-electron chi connectivity index (χ1n) is 10.3. The van der Waals surface area contributed by atoms with Crippen LogP contribution in [0.1, 0.15) is 40.2 Å². The number of amides is 1. The monoisotopic (exact) mass is 432 g/mol. The maximum absolute atomic E-state index is 13.0. The van der Waals surface area contributed by atoms with Gasteiger partial charge in [0.15, 0.2) is 0 Å². The molecular formula is C24H24N4O2S. The van der Waals surface area contributed by atoms with E-state index in [0.717, 1.165) is 48.0 Å². The van der Waals surface area contributed by atoms with Crippen LogP contribution in [-0.4, -0.2) is 30.2 Å². The van der Waals surface area contributed by atoms with Crippen LogP contribution in [0.2, 0.25) is 0 Å². The number of hydrogen-bond donors (Lipinski definition) is 1. The number of aryl methyl sites for hydroxylation is 1. The van der Waals surface area contributed by atoms with Crippen LogP contribution in [0.25, 0.3) is 0 Å². The molecule has 1 saturated heterocycles. The topological polar surface area (TPSA) is 82.2 Å². The minimum atomic E-state index is -0.0336. The van der Waals surface area contributed by atoms with Crippen molar-refractivity contribution in [1.29, 1.82) is 5.26 Å². The van der Waals surface area contributed by atoms with Crippen molar-refractivity contribution in [2.24, 2.45) is 0 Å². The molecule has 2 heterocycles. The minimum absolute atomic E-state index is 0.0336. The van der Waals surface area contributed by atoms with Crippen LogP contribution >= 0.6 is 11.8 Å². The number of nitrogens with zero attached hydrogens (tertiary/aromatic N) is 3. The van der Waals surface area contributed by atoms with Gasteiger partial charge in [0, 0.05) is 35.8 Å². The Morgan fingerprint density at radius 1 is 1.23 bits per heavy atom. The van der Waals surface area contributed by atoms with Crippen LogP contribution in [0.15, 0.2) is 64.0 Å². The summed E-state index contributed by atoms with van der Waals surface area (Å²) in [4.78, 5) is 16.2. The first-order valence-corrected chi connectivity index (χ1v) is 11.3. The minimum Gasteiger partial charge on any atom is -0.371 e. The summed E-state index contributed by atoms with van der Waals surface area (Å²) in [7, 11) is 0. The molecule has 0 atom stereocenters. The van der Waals surface area contributed by atoms with Gasteiger partial charge in [0.2, 0.25) is 0 Å². The van der Waals surface area contributed by atoms with E-state index in [1.165, 1.54) is 0 Å². The molecule has 1 aliphatic rings. The van der Waals surface area contributed by atoms with E-state index in [1.807, 2.05) is 61.5 Å². The van der Waals surface area contributed by atoms with Gasteiger partial charge < -0.3 is 14.7 Å². The van der Waals surface area contributed by atoms with Crippen molar-refractivity contribution >= 4 is 23.4 Å². The van der Waals surface area contributed by atoms with E-state index in [9.17, 15) is 4.79 Å². The summed E-state index contributed by atoms with van der Waals surface area (Å²) in [5, 5.41) is 16.1. The number of thioether (sulfide) groups is 1. The first-order chi connectivity index (χ1) is 15.1. The van der Waals surface area contributed by atoms with E-state index in [0.29, 0.717) is 16.9 Å². The molecule has 0 unspecified atom stereocenters. The Morgan fingerprint density at radius 3 is 2.65 bits per heavy atom. The maximum atomic E-state index is 13.0. The van der Waals surface area contributed by atoms with Crippen LogP contribution in [0.5, 0.6) is 0 Å². The molecule has 0 spiro atoms. The Bertz CT molecular complexity index is 1080. The van der Waals surface area contributed by atoms with E-state index in [-0.39, 0.29) is 11.9 Å². The lowest BCUT2D eigenvalue weighted by Crippen LogP contribution is -2.44. The number of carbonyl (C=O) groups excluding carboxylic acids is 1. The number of benzene rings is 2. The fraction of sp³-hybridized carbons (Fsp3) is 0.292. The van der Waals surface area contributed by atoms with Crippen molar-refractivity contribution in [3.8, 4) is 6.07 Å². The molecule has 31 heavy (non-hydrogen) atoms. The van der Waals surface area contributed by atoms with Gasteiger partial charge in [-0.25, -0.2) is 0 Å². The highest BCUT2D eigenvalue weighted by Gasteiger charge is 2.22. The smallest absolute Gasteiger partial charge is 0.252 e. The van der Waals surface area contributed by atoms with Crippen molar-refractivity contribution in [3.05, 3.63) is 77.2 Å². The maximum Gasteiger partial charge on any atom is 0.252 e. The van der Waals surface area contributed by atoms with Crippen LogP contribution in [0.3, 0.4) is 0 Å². The van der Waals surface area contributed by atoms with Gasteiger partial charge in [-0.05, 0) is 56.2 Å². The second-order valence-electron chi connectivity index (χ2n) is 7.61. The van der Waals surface area contributed by atoms with Crippen LogP contribution in [0.4, 0.5) is 5.69 Å². The molecule has 158 valence electrons. The molecule has 1 fully saturated rings. The summed E-state index contributed by atoms with van der Waals surface area (Å²) >= 11 is 1.58. The Labute approximate surface area is 186 Å². The Kier molecular flexibility index (Phi) is 6.58. The molecule has 1 aliphatic heterocycles. The molecular weight excluding hydrogens is 408 g/mol. The number of anilines is 1. The number of hydrogen-bond acceptors (Lipinski definition) is 6. The van der Waals surface area contributed by atoms with Crippen LogP contribution in [-0.2, 0) is 5.75 Å². The van der Waals surface area contributed by atoms with Crippen LogP contribution < -0.4 is 10.2 Å². The second kappa shape index (κ2) is 9.71. The average Bonchev–Trinajstić information content (AvgIpc) is 3.23. The molecule has 0 aliphatic carbocycles. The standard InChI is InChI=1S/C24H24N4O2S/c1-17-14-21(30-27-17)16-31-23-5-3-2-4-22(23)24(29)26-19-10-12-28(13-11-19)20-8-6-18(15-25)7-9-20/h2-9,14,19H,10-13,16H2,1H3,(H,26,29). The molecule has 3 aromatic rings. The van der Waals surface area contributed by atoms with E-state index in [2.05, 4.69) is 21.4 Å². The third-order valence-corrected chi connectivity index (χ3v) is 6.47. The lowest BCUT2D eigenvalue weighted by atomic mass is 10.0. The zero-order valence-corrected chi connectivity index (χ0v) is 18.2. The van der Waals surface area contributed by atoms with Crippen molar-refractivity contribution in [2.75, 3.05) is 18.0 Å². The number of nitrogens with one attached hydrogen (secondary N) is 1. The predicted octanol–water partition coefficient (Wildman–Crippen LogP) is 4.55. The average molecular weight is 433 g/mol. The van der Waals surface area contributed by atoms with Crippen molar-refractivity contribution in [3.63, 3.8) is 0 Å². The molecule has 4 rings (SSSR count). The highest BCUT2D eigenvalue weighted by atomic mass is 32.2. The summed E-state index contributed by atoms with van der Waals surface area (Å²) in [5.41, 5.74) is 3.33. The fourth-order valence-electron chi connectivity index (χ4n) is 3.71. The summed E-state index contributed by atoms with van der Waals surface area (Å²) < 4.78 is 5.28. The summed E-state index contributed by atoms with van der Waals surface area (Å²) in [6.07, 6.45) is 1.77. The molecule has 7 heteroatoms. The molecule has 1 aromatic heterocycles. The Hall–Kier alpha value is -3.24. The molecule has 0 bridgehead atoms. The number of rotatable bonds is 6. The summed E-state index contributed by atoms with van der Waals surface area (Å²) in [5.74, 6) is 1.40. The van der Waals surface area contributed by atoms with Crippen molar-refractivity contribution < 1.29 is 9.32 Å². The number of nitriles is 1. The summed E-state index contributed by atoms with van der Waals surface area (Å²) in [6, 6.07) is 19.6. The van der Waals surface area contributed by atoms with E-state index < -0.39 is 0 Å². The van der Waals surface area contributed by atoms with E-state index in [1.54, 1.807) is 11.8 Å².